The lowest BCUT2D eigenvalue weighted by atomic mass is 10.1. The molecular formula is C19H30N2O4S. The number of ether oxygens (including phenoxy) is 1. The molecule has 1 unspecified atom stereocenters. The van der Waals surface area contributed by atoms with Crippen LogP contribution in [0.4, 0.5) is 0 Å². The van der Waals surface area contributed by atoms with Crippen molar-refractivity contribution in [1.29, 1.82) is 0 Å². The molecule has 1 aromatic rings. The molecule has 6 nitrogen and oxygen atoms in total. The summed E-state index contributed by atoms with van der Waals surface area (Å²) in [6.45, 7) is 6.05. The van der Waals surface area contributed by atoms with Gasteiger partial charge >= 0.3 is 0 Å². The van der Waals surface area contributed by atoms with Gasteiger partial charge in [-0.2, -0.15) is 0 Å². The fourth-order valence-electron chi connectivity index (χ4n) is 3.37. The molecule has 1 saturated heterocycles. The molecule has 0 aromatic heterocycles. The highest BCUT2D eigenvalue weighted by molar-refractivity contribution is 7.92. The van der Waals surface area contributed by atoms with Crippen LogP contribution in [0.25, 0.3) is 0 Å². The zero-order valence-corrected chi connectivity index (χ0v) is 16.7. The third-order valence-electron chi connectivity index (χ3n) is 4.51. The molecule has 1 aromatic carbocycles. The number of amides is 1. The summed E-state index contributed by atoms with van der Waals surface area (Å²) in [6.07, 6.45) is 2.28. The Balaban J connectivity index is 2.01. The Kier molecular flexibility index (Phi) is 7.46. The van der Waals surface area contributed by atoms with E-state index < -0.39 is 21.5 Å². The van der Waals surface area contributed by atoms with Crippen LogP contribution in [0.5, 0.6) is 5.75 Å². The molecule has 1 N–H and O–H groups in total. The summed E-state index contributed by atoms with van der Waals surface area (Å²) in [4.78, 5) is 14.5. The lowest BCUT2D eigenvalue weighted by molar-refractivity contribution is -0.118. The monoisotopic (exact) mass is 382 g/mol. The fourth-order valence-corrected chi connectivity index (χ4v) is 5.00. The molecule has 1 aliphatic rings. The number of benzene rings is 1. The lowest BCUT2D eigenvalue weighted by Gasteiger charge is -2.28. The molecular weight excluding hydrogens is 352 g/mol. The number of nitrogens with one attached hydrogen (secondary N) is 1. The number of nitrogens with zero attached hydrogens (tertiary/aromatic N) is 1. The van der Waals surface area contributed by atoms with Crippen LogP contribution in [-0.2, 0) is 14.6 Å². The number of hydrogen-bond acceptors (Lipinski definition) is 5. The molecule has 1 aliphatic heterocycles. The van der Waals surface area contributed by atoms with E-state index in [0.717, 1.165) is 37.2 Å². The Hall–Kier alpha value is -1.60. The Morgan fingerprint density at radius 1 is 1.19 bits per heavy atom. The molecule has 0 spiro atoms. The normalized spacial score (nSPS) is 16.6. The average molecular weight is 383 g/mol. The van der Waals surface area contributed by atoms with Gasteiger partial charge in [0.1, 0.15) is 11.5 Å². The smallest absolute Gasteiger partial charge is 0.235 e. The number of methoxy groups -OCH3 is 1. The highest BCUT2D eigenvalue weighted by Crippen LogP contribution is 2.26. The van der Waals surface area contributed by atoms with Gasteiger partial charge in [-0.25, -0.2) is 8.42 Å². The van der Waals surface area contributed by atoms with E-state index in [4.69, 9.17) is 4.74 Å². The van der Waals surface area contributed by atoms with Gasteiger partial charge in [-0.05, 0) is 49.5 Å². The summed E-state index contributed by atoms with van der Waals surface area (Å²) in [5.74, 6) is -0.0276. The third kappa shape index (κ3) is 6.29. The van der Waals surface area contributed by atoms with E-state index in [0.29, 0.717) is 6.54 Å². The molecule has 146 valence electrons. The molecule has 1 amide bonds. The maximum Gasteiger partial charge on any atom is 0.235 e. The predicted molar refractivity (Wildman–Crippen MR) is 103 cm³/mol. The van der Waals surface area contributed by atoms with Gasteiger partial charge in [0, 0.05) is 6.54 Å². The molecule has 0 saturated carbocycles. The molecule has 0 radical (unpaired) electrons. The number of likely N-dealkylation sites (tertiary alicyclic amines) is 1. The number of carbonyl (C=O) groups excluding carboxylic acids is 1. The standard InChI is InChI=1S/C19H30N2O4S/c1-15(2)13-26(23,24)14-19(22)20-12-18(21-10-4-5-11-21)16-6-8-17(25-3)9-7-16/h6-9,15,18H,4-5,10-14H2,1-3H3,(H,20,22). The van der Waals surface area contributed by atoms with E-state index >= 15 is 0 Å². The second-order valence-electron chi connectivity index (χ2n) is 7.28. The van der Waals surface area contributed by atoms with E-state index in [1.54, 1.807) is 7.11 Å². The summed E-state index contributed by atoms with van der Waals surface area (Å²) in [7, 11) is -1.73. The van der Waals surface area contributed by atoms with Crippen molar-refractivity contribution in [3.8, 4) is 5.75 Å². The summed E-state index contributed by atoms with van der Waals surface area (Å²) in [5, 5.41) is 2.83. The first kappa shape index (κ1) is 20.7. The van der Waals surface area contributed by atoms with Crippen molar-refractivity contribution in [3.63, 3.8) is 0 Å². The Bertz CT molecular complexity index is 680. The van der Waals surface area contributed by atoms with Crippen LogP contribution in [-0.4, -0.2) is 57.5 Å². The summed E-state index contributed by atoms with van der Waals surface area (Å²) >= 11 is 0. The summed E-state index contributed by atoms with van der Waals surface area (Å²) in [6, 6.07) is 7.87. The van der Waals surface area contributed by atoms with Gasteiger partial charge in [0.05, 0.1) is 18.9 Å². The van der Waals surface area contributed by atoms with Crippen molar-refractivity contribution in [2.24, 2.45) is 5.92 Å². The zero-order chi connectivity index (χ0) is 19.2. The largest absolute Gasteiger partial charge is 0.497 e. The second-order valence-corrected chi connectivity index (χ2v) is 9.39. The number of carbonyl (C=O) groups is 1. The van der Waals surface area contributed by atoms with E-state index in [1.165, 1.54) is 0 Å². The zero-order valence-electron chi connectivity index (χ0n) is 15.9. The molecule has 1 heterocycles. The molecule has 2 rings (SSSR count). The minimum absolute atomic E-state index is 0.0180. The summed E-state index contributed by atoms with van der Waals surface area (Å²) in [5.41, 5.74) is 1.10. The van der Waals surface area contributed by atoms with Gasteiger partial charge in [0.15, 0.2) is 9.84 Å². The van der Waals surface area contributed by atoms with Crippen LogP contribution in [0.15, 0.2) is 24.3 Å². The minimum atomic E-state index is -3.36. The molecule has 7 heteroatoms. The maximum absolute atomic E-state index is 12.2. The van der Waals surface area contributed by atoms with Gasteiger partial charge in [0.2, 0.25) is 5.91 Å². The summed E-state index contributed by atoms with van der Waals surface area (Å²) < 4.78 is 29.2. The first-order valence-corrected chi connectivity index (χ1v) is 11.0. The maximum atomic E-state index is 12.2. The number of rotatable bonds is 9. The molecule has 0 aliphatic carbocycles. The Morgan fingerprint density at radius 3 is 2.35 bits per heavy atom. The van der Waals surface area contributed by atoms with E-state index in [1.807, 2.05) is 38.1 Å². The van der Waals surface area contributed by atoms with Gasteiger partial charge < -0.3 is 10.1 Å². The van der Waals surface area contributed by atoms with Gasteiger partial charge in [-0.3, -0.25) is 9.69 Å². The quantitative estimate of drug-likeness (QED) is 0.707. The van der Waals surface area contributed by atoms with Crippen molar-refractivity contribution in [3.05, 3.63) is 29.8 Å². The van der Waals surface area contributed by atoms with Gasteiger partial charge in [0.25, 0.3) is 0 Å². The third-order valence-corrected chi connectivity index (χ3v) is 6.39. The van der Waals surface area contributed by atoms with Crippen LogP contribution in [0, 0.1) is 5.92 Å². The number of hydrogen-bond donors (Lipinski definition) is 1. The first-order valence-electron chi connectivity index (χ1n) is 9.16. The van der Waals surface area contributed by atoms with Crippen molar-refractivity contribution in [1.82, 2.24) is 10.2 Å². The minimum Gasteiger partial charge on any atom is -0.497 e. The first-order chi connectivity index (χ1) is 12.3. The van der Waals surface area contributed by atoms with Crippen molar-refractivity contribution < 1.29 is 17.9 Å². The molecule has 0 bridgehead atoms. The van der Waals surface area contributed by atoms with Crippen LogP contribution in [0.1, 0.15) is 38.3 Å². The second kappa shape index (κ2) is 9.37. The van der Waals surface area contributed by atoms with Crippen LogP contribution in [0.3, 0.4) is 0 Å². The Morgan fingerprint density at radius 2 is 1.81 bits per heavy atom. The topological polar surface area (TPSA) is 75.7 Å². The van der Waals surface area contributed by atoms with Crippen LogP contribution < -0.4 is 10.1 Å². The highest BCUT2D eigenvalue weighted by atomic mass is 32.2. The van der Waals surface area contributed by atoms with Crippen LogP contribution >= 0.6 is 0 Å². The fraction of sp³-hybridized carbons (Fsp3) is 0.632. The molecule has 1 fully saturated rings. The van der Waals surface area contributed by atoms with Crippen molar-refractivity contribution in [2.45, 2.75) is 32.7 Å². The molecule has 1 atom stereocenters. The molecule has 26 heavy (non-hydrogen) atoms. The number of sulfone groups is 1. The Labute approximate surface area is 156 Å². The van der Waals surface area contributed by atoms with Gasteiger partial charge in [-0.15, -0.1) is 0 Å². The van der Waals surface area contributed by atoms with Crippen LogP contribution in [0.2, 0.25) is 0 Å². The highest BCUT2D eigenvalue weighted by Gasteiger charge is 2.25. The average Bonchev–Trinajstić information content (AvgIpc) is 3.08. The predicted octanol–water partition coefficient (Wildman–Crippen LogP) is 2.02. The van der Waals surface area contributed by atoms with E-state index in [9.17, 15) is 13.2 Å². The van der Waals surface area contributed by atoms with Crippen molar-refractivity contribution >= 4 is 15.7 Å². The SMILES string of the molecule is COc1ccc(C(CNC(=O)CS(=O)(=O)CC(C)C)N2CCCC2)cc1. The van der Waals surface area contributed by atoms with E-state index in [-0.39, 0.29) is 17.7 Å². The van der Waals surface area contributed by atoms with E-state index in [2.05, 4.69) is 10.2 Å². The van der Waals surface area contributed by atoms with Crippen molar-refractivity contribution in [2.75, 3.05) is 38.2 Å². The lowest BCUT2D eigenvalue weighted by Crippen LogP contribution is -2.39. The van der Waals surface area contributed by atoms with Gasteiger partial charge in [-0.1, -0.05) is 26.0 Å².